The van der Waals surface area contributed by atoms with Gasteiger partial charge in [0.25, 0.3) is 0 Å². The molecule has 1 saturated heterocycles. The van der Waals surface area contributed by atoms with Gasteiger partial charge >= 0.3 is 0 Å². The topological polar surface area (TPSA) is 27.7 Å². The summed E-state index contributed by atoms with van der Waals surface area (Å²) in [6.07, 6.45) is 2.24. The first-order chi connectivity index (χ1) is 8.85. The lowest BCUT2D eigenvalue weighted by atomic mass is 10.1. The van der Waals surface area contributed by atoms with E-state index in [1.165, 1.54) is 0 Å². The highest BCUT2D eigenvalue weighted by atomic mass is 79.9. The molecular weight excluding hydrogens is 296 g/mol. The number of halogens is 1. The Morgan fingerprint density at radius 2 is 2.33 bits per heavy atom. The molecule has 0 spiro atoms. The van der Waals surface area contributed by atoms with Crippen LogP contribution in [0.2, 0.25) is 0 Å². The predicted molar refractivity (Wildman–Crippen MR) is 74.7 cm³/mol. The number of benzene rings is 1. The summed E-state index contributed by atoms with van der Waals surface area (Å²) >= 11 is 3.49. The van der Waals surface area contributed by atoms with Gasteiger partial charge in [0.05, 0.1) is 13.2 Å². The molecule has 18 heavy (non-hydrogen) atoms. The maximum atomic E-state index is 6.08. The van der Waals surface area contributed by atoms with Gasteiger partial charge in [0.15, 0.2) is 11.5 Å². The quantitative estimate of drug-likeness (QED) is 0.778. The van der Waals surface area contributed by atoms with Crippen LogP contribution in [0.1, 0.15) is 25.3 Å². The van der Waals surface area contributed by atoms with Gasteiger partial charge in [-0.25, -0.2) is 0 Å². The first-order valence-corrected chi connectivity index (χ1v) is 7.52. The van der Waals surface area contributed by atoms with Crippen molar-refractivity contribution >= 4 is 15.9 Å². The van der Waals surface area contributed by atoms with Crippen molar-refractivity contribution in [2.75, 3.05) is 19.8 Å². The molecule has 1 atom stereocenters. The summed E-state index contributed by atoms with van der Waals surface area (Å²) < 4.78 is 17.2. The molecule has 1 unspecified atom stereocenters. The number of hydrogen-bond donors (Lipinski definition) is 0. The highest BCUT2D eigenvalue weighted by Crippen LogP contribution is 2.34. The second-order valence-electron chi connectivity index (χ2n) is 4.27. The smallest absolute Gasteiger partial charge is 0.165 e. The second kappa shape index (κ2) is 7.00. The lowest BCUT2D eigenvalue weighted by molar-refractivity contribution is 0.00594. The SMILES string of the molecule is CCOc1cccc(CBr)c1OC1CCCOC1. The molecule has 0 aromatic heterocycles. The van der Waals surface area contributed by atoms with Crippen LogP contribution in [0.5, 0.6) is 11.5 Å². The van der Waals surface area contributed by atoms with Crippen molar-refractivity contribution in [3.05, 3.63) is 23.8 Å². The maximum Gasteiger partial charge on any atom is 0.165 e. The van der Waals surface area contributed by atoms with Crippen molar-refractivity contribution in [2.45, 2.75) is 31.2 Å². The zero-order valence-electron chi connectivity index (χ0n) is 10.7. The first kappa shape index (κ1) is 13.7. The summed E-state index contributed by atoms with van der Waals surface area (Å²) in [5.41, 5.74) is 1.12. The molecule has 0 N–H and O–H groups in total. The molecule has 2 rings (SSSR count). The zero-order valence-corrected chi connectivity index (χ0v) is 12.2. The van der Waals surface area contributed by atoms with Crippen LogP contribution < -0.4 is 9.47 Å². The lowest BCUT2D eigenvalue weighted by Crippen LogP contribution is -2.28. The van der Waals surface area contributed by atoms with E-state index in [0.717, 1.165) is 41.8 Å². The molecule has 0 saturated carbocycles. The average Bonchev–Trinajstić information content (AvgIpc) is 2.42. The van der Waals surface area contributed by atoms with Crippen molar-refractivity contribution in [2.24, 2.45) is 0 Å². The van der Waals surface area contributed by atoms with Gasteiger partial charge in [-0.1, -0.05) is 28.1 Å². The summed E-state index contributed by atoms with van der Waals surface area (Å²) in [6, 6.07) is 6.00. The van der Waals surface area contributed by atoms with Gasteiger partial charge in [-0.2, -0.15) is 0 Å². The fourth-order valence-corrected chi connectivity index (χ4v) is 2.48. The van der Waals surface area contributed by atoms with E-state index in [0.29, 0.717) is 13.2 Å². The van der Waals surface area contributed by atoms with Crippen molar-refractivity contribution in [1.29, 1.82) is 0 Å². The van der Waals surface area contributed by atoms with E-state index >= 15 is 0 Å². The Hall–Kier alpha value is -0.740. The predicted octanol–water partition coefficient (Wildman–Crippen LogP) is 3.54. The Morgan fingerprint density at radius 3 is 3.00 bits per heavy atom. The molecule has 1 aliphatic rings. The molecule has 0 radical (unpaired) electrons. The van der Waals surface area contributed by atoms with Crippen LogP contribution in [0, 0.1) is 0 Å². The van der Waals surface area contributed by atoms with Crippen LogP contribution in [0.4, 0.5) is 0 Å². The van der Waals surface area contributed by atoms with Crippen LogP contribution in [0.15, 0.2) is 18.2 Å². The summed E-state index contributed by atoms with van der Waals surface area (Å²) in [4.78, 5) is 0. The molecule has 3 nitrogen and oxygen atoms in total. The molecule has 0 aliphatic carbocycles. The van der Waals surface area contributed by atoms with Gasteiger partial charge in [0, 0.05) is 17.5 Å². The molecule has 0 amide bonds. The van der Waals surface area contributed by atoms with Gasteiger partial charge in [0.1, 0.15) is 6.10 Å². The summed E-state index contributed by atoms with van der Waals surface area (Å²) in [5.74, 6) is 1.67. The lowest BCUT2D eigenvalue weighted by Gasteiger charge is -2.25. The molecule has 1 fully saturated rings. The molecule has 1 aromatic carbocycles. The molecule has 1 aromatic rings. The Labute approximate surface area is 117 Å². The molecule has 4 heteroatoms. The van der Waals surface area contributed by atoms with Gasteiger partial charge in [-0.15, -0.1) is 0 Å². The number of para-hydroxylation sites is 1. The van der Waals surface area contributed by atoms with Crippen LogP contribution in [-0.2, 0) is 10.1 Å². The molecule has 0 bridgehead atoms. The van der Waals surface area contributed by atoms with E-state index < -0.39 is 0 Å². The van der Waals surface area contributed by atoms with E-state index in [4.69, 9.17) is 14.2 Å². The Morgan fingerprint density at radius 1 is 1.44 bits per heavy atom. The third kappa shape index (κ3) is 3.39. The Balaban J connectivity index is 2.16. The minimum absolute atomic E-state index is 0.137. The second-order valence-corrected chi connectivity index (χ2v) is 4.83. The molecular formula is C14H19BrO3. The number of ether oxygens (including phenoxy) is 3. The highest BCUT2D eigenvalue weighted by molar-refractivity contribution is 9.08. The molecule has 1 heterocycles. The third-order valence-corrected chi connectivity index (χ3v) is 3.51. The number of alkyl halides is 1. The van der Waals surface area contributed by atoms with Gasteiger partial charge in [-0.05, 0) is 25.8 Å². The van der Waals surface area contributed by atoms with Gasteiger partial charge in [-0.3, -0.25) is 0 Å². The largest absolute Gasteiger partial charge is 0.490 e. The summed E-state index contributed by atoms with van der Waals surface area (Å²) in [6.45, 7) is 4.14. The maximum absolute atomic E-state index is 6.08. The van der Waals surface area contributed by atoms with Crippen LogP contribution >= 0.6 is 15.9 Å². The first-order valence-electron chi connectivity index (χ1n) is 6.40. The van der Waals surface area contributed by atoms with E-state index in [-0.39, 0.29) is 6.10 Å². The standard InChI is InChI=1S/C14H19BrO3/c1-2-17-13-7-3-5-11(9-15)14(13)18-12-6-4-8-16-10-12/h3,5,7,12H,2,4,6,8-10H2,1H3. The summed E-state index contributed by atoms with van der Waals surface area (Å²) in [5, 5.41) is 0.761. The van der Waals surface area contributed by atoms with Crippen molar-refractivity contribution in [1.82, 2.24) is 0 Å². The minimum atomic E-state index is 0.137. The highest BCUT2D eigenvalue weighted by Gasteiger charge is 2.19. The Kier molecular flexibility index (Phi) is 5.32. The fourth-order valence-electron chi connectivity index (χ4n) is 2.04. The summed E-state index contributed by atoms with van der Waals surface area (Å²) in [7, 11) is 0. The van der Waals surface area contributed by atoms with Crippen molar-refractivity contribution in [3.8, 4) is 11.5 Å². The Bertz CT molecular complexity index is 375. The number of hydrogen-bond acceptors (Lipinski definition) is 3. The monoisotopic (exact) mass is 314 g/mol. The fraction of sp³-hybridized carbons (Fsp3) is 0.571. The van der Waals surface area contributed by atoms with E-state index in [9.17, 15) is 0 Å². The normalized spacial score (nSPS) is 19.6. The van der Waals surface area contributed by atoms with Gasteiger partial charge in [0.2, 0.25) is 0 Å². The van der Waals surface area contributed by atoms with Crippen LogP contribution in [-0.4, -0.2) is 25.9 Å². The third-order valence-electron chi connectivity index (χ3n) is 2.91. The molecule has 100 valence electrons. The van der Waals surface area contributed by atoms with E-state index in [1.807, 2.05) is 19.1 Å². The van der Waals surface area contributed by atoms with Crippen molar-refractivity contribution < 1.29 is 14.2 Å². The van der Waals surface area contributed by atoms with Crippen molar-refractivity contribution in [3.63, 3.8) is 0 Å². The number of rotatable bonds is 5. The van der Waals surface area contributed by atoms with Gasteiger partial charge < -0.3 is 14.2 Å². The van der Waals surface area contributed by atoms with Crippen LogP contribution in [0.3, 0.4) is 0 Å². The van der Waals surface area contributed by atoms with E-state index in [1.54, 1.807) is 0 Å². The van der Waals surface area contributed by atoms with Crippen LogP contribution in [0.25, 0.3) is 0 Å². The minimum Gasteiger partial charge on any atom is -0.490 e. The molecule has 1 aliphatic heterocycles. The zero-order chi connectivity index (χ0) is 12.8. The van der Waals surface area contributed by atoms with E-state index in [2.05, 4.69) is 22.0 Å². The average molecular weight is 315 g/mol.